The summed E-state index contributed by atoms with van der Waals surface area (Å²) in [6, 6.07) is 9.05. The van der Waals surface area contributed by atoms with Gasteiger partial charge in [0.15, 0.2) is 5.69 Å². The SMILES string of the molecule is O=C(O)c1cc(OC2CCCCC2)c2ccccc2n1. The molecule has 0 radical (unpaired) electrons. The quantitative estimate of drug-likeness (QED) is 0.925. The lowest BCUT2D eigenvalue weighted by Gasteiger charge is -2.23. The Morgan fingerprint density at radius 3 is 2.70 bits per heavy atom. The van der Waals surface area contributed by atoms with Crippen molar-refractivity contribution in [3.8, 4) is 5.75 Å². The molecule has 1 fully saturated rings. The molecule has 1 saturated carbocycles. The highest BCUT2D eigenvalue weighted by Crippen LogP contribution is 2.29. The van der Waals surface area contributed by atoms with Crippen LogP contribution in [0.4, 0.5) is 0 Å². The minimum absolute atomic E-state index is 0.0366. The van der Waals surface area contributed by atoms with E-state index in [1.54, 1.807) is 6.07 Å². The number of benzene rings is 1. The Balaban J connectivity index is 2.00. The van der Waals surface area contributed by atoms with Crippen LogP contribution in [-0.4, -0.2) is 22.2 Å². The van der Waals surface area contributed by atoms with Crippen LogP contribution in [0.2, 0.25) is 0 Å². The molecule has 4 nitrogen and oxygen atoms in total. The van der Waals surface area contributed by atoms with E-state index < -0.39 is 5.97 Å². The number of ether oxygens (including phenoxy) is 1. The maximum atomic E-state index is 11.2. The molecule has 0 unspecified atom stereocenters. The minimum atomic E-state index is -1.02. The van der Waals surface area contributed by atoms with Gasteiger partial charge in [0.2, 0.25) is 0 Å². The molecule has 0 bridgehead atoms. The standard InChI is InChI=1S/C16H17NO3/c18-16(19)14-10-15(20-11-6-2-1-3-7-11)12-8-4-5-9-13(12)17-14/h4-5,8-11H,1-3,6-7H2,(H,18,19). The first-order valence-electron chi connectivity index (χ1n) is 7.04. The second kappa shape index (κ2) is 5.49. The molecule has 0 aliphatic heterocycles. The molecular formula is C16H17NO3. The van der Waals surface area contributed by atoms with Crippen molar-refractivity contribution in [2.24, 2.45) is 0 Å². The van der Waals surface area contributed by atoms with Crippen molar-refractivity contribution in [2.75, 3.05) is 0 Å². The fourth-order valence-electron chi connectivity index (χ4n) is 2.71. The van der Waals surface area contributed by atoms with E-state index in [4.69, 9.17) is 9.84 Å². The zero-order chi connectivity index (χ0) is 13.9. The van der Waals surface area contributed by atoms with E-state index in [1.807, 2.05) is 24.3 Å². The molecule has 104 valence electrons. The number of fused-ring (bicyclic) bond motifs is 1. The lowest BCUT2D eigenvalue weighted by molar-refractivity contribution is 0.0689. The van der Waals surface area contributed by atoms with Crippen molar-refractivity contribution in [2.45, 2.75) is 38.2 Å². The van der Waals surface area contributed by atoms with Crippen molar-refractivity contribution < 1.29 is 14.6 Å². The third-order valence-corrected chi connectivity index (χ3v) is 3.74. The zero-order valence-corrected chi connectivity index (χ0v) is 11.2. The summed E-state index contributed by atoms with van der Waals surface area (Å²) in [6.45, 7) is 0. The Bertz CT molecular complexity index is 633. The first-order valence-corrected chi connectivity index (χ1v) is 7.04. The van der Waals surface area contributed by atoms with Crippen LogP contribution in [0.15, 0.2) is 30.3 Å². The Morgan fingerprint density at radius 1 is 1.20 bits per heavy atom. The predicted molar refractivity (Wildman–Crippen MR) is 76.2 cm³/mol. The topological polar surface area (TPSA) is 59.4 Å². The number of hydrogen-bond donors (Lipinski definition) is 1. The van der Waals surface area contributed by atoms with Gasteiger partial charge < -0.3 is 9.84 Å². The summed E-state index contributed by atoms with van der Waals surface area (Å²) in [5.74, 6) is -0.385. The van der Waals surface area contributed by atoms with E-state index in [2.05, 4.69) is 4.98 Å². The summed E-state index contributed by atoms with van der Waals surface area (Å²) < 4.78 is 6.06. The number of rotatable bonds is 3. The number of hydrogen-bond acceptors (Lipinski definition) is 3. The van der Waals surface area contributed by atoms with E-state index in [0.717, 1.165) is 18.2 Å². The number of nitrogens with zero attached hydrogens (tertiary/aromatic N) is 1. The molecule has 3 rings (SSSR count). The van der Waals surface area contributed by atoms with E-state index >= 15 is 0 Å². The summed E-state index contributed by atoms with van der Waals surface area (Å²) in [6.07, 6.45) is 5.89. The third kappa shape index (κ3) is 2.59. The average Bonchev–Trinajstić information content (AvgIpc) is 2.48. The van der Waals surface area contributed by atoms with E-state index in [-0.39, 0.29) is 11.8 Å². The van der Waals surface area contributed by atoms with Gasteiger partial charge in [0.1, 0.15) is 5.75 Å². The van der Waals surface area contributed by atoms with E-state index in [0.29, 0.717) is 11.3 Å². The Kier molecular flexibility index (Phi) is 3.54. The second-order valence-corrected chi connectivity index (χ2v) is 5.21. The van der Waals surface area contributed by atoms with Gasteiger partial charge in [0.25, 0.3) is 0 Å². The van der Waals surface area contributed by atoms with Crippen molar-refractivity contribution in [3.05, 3.63) is 36.0 Å². The van der Waals surface area contributed by atoms with Gasteiger partial charge in [-0.15, -0.1) is 0 Å². The Labute approximate surface area is 117 Å². The molecule has 1 aliphatic carbocycles. The monoisotopic (exact) mass is 271 g/mol. The summed E-state index contributed by atoms with van der Waals surface area (Å²) in [7, 11) is 0. The molecule has 0 atom stereocenters. The fraction of sp³-hybridized carbons (Fsp3) is 0.375. The molecular weight excluding hydrogens is 254 g/mol. The van der Waals surface area contributed by atoms with Gasteiger partial charge in [-0.05, 0) is 37.8 Å². The number of pyridine rings is 1. The van der Waals surface area contributed by atoms with Crippen LogP contribution in [0.5, 0.6) is 5.75 Å². The van der Waals surface area contributed by atoms with E-state index in [9.17, 15) is 4.79 Å². The van der Waals surface area contributed by atoms with Crippen molar-refractivity contribution >= 4 is 16.9 Å². The second-order valence-electron chi connectivity index (χ2n) is 5.21. The number of aromatic nitrogens is 1. The van der Waals surface area contributed by atoms with Gasteiger partial charge in [-0.3, -0.25) is 0 Å². The van der Waals surface area contributed by atoms with Gasteiger partial charge in [-0.25, -0.2) is 9.78 Å². The molecule has 0 saturated heterocycles. The number of carboxylic acids is 1. The Hall–Kier alpha value is -2.10. The van der Waals surface area contributed by atoms with Crippen molar-refractivity contribution in [1.82, 2.24) is 4.98 Å². The highest BCUT2D eigenvalue weighted by molar-refractivity contribution is 5.93. The maximum absolute atomic E-state index is 11.2. The molecule has 1 N–H and O–H groups in total. The minimum Gasteiger partial charge on any atom is -0.490 e. The highest BCUT2D eigenvalue weighted by atomic mass is 16.5. The summed E-state index contributed by atoms with van der Waals surface area (Å²) >= 11 is 0. The fourth-order valence-corrected chi connectivity index (χ4v) is 2.71. The van der Waals surface area contributed by atoms with Gasteiger partial charge in [0, 0.05) is 11.5 Å². The van der Waals surface area contributed by atoms with Crippen LogP contribution in [-0.2, 0) is 0 Å². The zero-order valence-electron chi connectivity index (χ0n) is 11.2. The van der Waals surface area contributed by atoms with E-state index in [1.165, 1.54) is 19.3 Å². The first-order chi connectivity index (χ1) is 9.74. The first kappa shape index (κ1) is 12.9. The average molecular weight is 271 g/mol. The summed E-state index contributed by atoms with van der Waals surface area (Å²) in [5, 5.41) is 10.0. The summed E-state index contributed by atoms with van der Waals surface area (Å²) in [4.78, 5) is 15.3. The molecule has 0 amide bonds. The molecule has 4 heteroatoms. The van der Waals surface area contributed by atoms with Crippen LogP contribution < -0.4 is 4.74 Å². The maximum Gasteiger partial charge on any atom is 0.354 e. The van der Waals surface area contributed by atoms with Gasteiger partial charge in [0.05, 0.1) is 11.6 Å². The van der Waals surface area contributed by atoms with Crippen molar-refractivity contribution in [1.29, 1.82) is 0 Å². The van der Waals surface area contributed by atoms with Crippen LogP contribution in [0.3, 0.4) is 0 Å². The number of aromatic carboxylic acids is 1. The van der Waals surface area contributed by atoms with Crippen LogP contribution >= 0.6 is 0 Å². The number of carboxylic acid groups (broad SMARTS) is 1. The molecule has 1 aromatic heterocycles. The molecule has 0 spiro atoms. The molecule has 1 aromatic carbocycles. The molecule has 2 aromatic rings. The third-order valence-electron chi connectivity index (χ3n) is 3.74. The molecule has 1 aliphatic rings. The predicted octanol–water partition coefficient (Wildman–Crippen LogP) is 3.64. The number of para-hydroxylation sites is 1. The number of carbonyl (C=O) groups is 1. The van der Waals surface area contributed by atoms with Crippen molar-refractivity contribution in [3.63, 3.8) is 0 Å². The lowest BCUT2D eigenvalue weighted by Crippen LogP contribution is -2.20. The normalized spacial score (nSPS) is 16.2. The smallest absolute Gasteiger partial charge is 0.354 e. The summed E-state index contributed by atoms with van der Waals surface area (Å²) in [5.41, 5.74) is 0.702. The van der Waals surface area contributed by atoms with Gasteiger partial charge >= 0.3 is 5.97 Å². The Morgan fingerprint density at radius 2 is 1.95 bits per heavy atom. The van der Waals surface area contributed by atoms with Gasteiger partial charge in [-0.2, -0.15) is 0 Å². The largest absolute Gasteiger partial charge is 0.490 e. The highest BCUT2D eigenvalue weighted by Gasteiger charge is 2.18. The molecule has 1 heterocycles. The van der Waals surface area contributed by atoms with Crippen LogP contribution in [0.1, 0.15) is 42.6 Å². The lowest BCUT2D eigenvalue weighted by atomic mass is 9.98. The molecule has 20 heavy (non-hydrogen) atoms. The van der Waals surface area contributed by atoms with Gasteiger partial charge in [-0.1, -0.05) is 18.6 Å². The van der Waals surface area contributed by atoms with Crippen LogP contribution in [0.25, 0.3) is 10.9 Å². The van der Waals surface area contributed by atoms with Crippen LogP contribution in [0, 0.1) is 0 Å².